The Morgan fingerprint density at radius 1 is 1.59 bits per heavy atom. The number of hydrogen-bond donors (Lipinski definition) is 0. The van der Waals surface area contributed by atoms with Crippen LogP contribution in [0.25, 0.3) is 0 Å². The molecular weight excluding hydrogens is 305 g/mol. The fourth-order valence-electron chi connectivity index (χ4n) is 1.44. The molecule has 0 amide bonds. The molecule has 0 radical (unpaired) electrons. The summed E-state index contributed by atoms with van der Waals surface area (Å²) in [5, 5.41) is 9.04. The normalized spacial score (nSPS) is 9.76. The van der Waals surface area contributed by atoms with Crippen molar-refractivity contribution >= 4 is 33.5 Å². The number of nitrogens with zero attached hydrogens (tertiary/aromatic N) is 1. The van der Waals surface area contributed by atoms with E-state index in [1.165, 1.54) is 0 Å². The van der Waals surface area contributed by atoms with E-state index >= 15 is 0 Å². The summed E-state index contributed by atoms with van der Waals surface area (Å²) in [4.78, 5) is 11.4. The Bertz CT molecular complexity index is 468. The number of rotatable bonds is 4. The number of nitriles is 1. The number of hydrogen-bond acceptors (Lipinski definition) is 3. The van der Waals surface area contributed by atoms with Gasteiger partial charge in [0.25, 0.3) is 0 Å². The SMILES string of the molecule is CCOC(=O)Cc1cc(CCl)cc(Br)c1C#N. The molecule has 0 N–H and O–H groups in total. The highest BCUT2D eigenvalue weighted by atomic mass is 79.9. The first kappa shape index (κ1) is 14.0. The zero-order chi connectivity index (χ0) is 12.8. The second-order valence-corrected chi connectivity index (χ2v) is 4.46. The summed E-state index contributed by atoms with van der Waals surface area (Å²) in [6.45, 7) is 2.07. The molecule has 17 heavy (non-hydrogen) atoms. The Kier molecular flexibility index (Phi) is 5.46. The van der Waals surface area contributed by atoms with Crippen molar-refractivity contribution in [1.82, 2.24) is 0 Å². The van der Waals surface area contributed by atoms with Crippen LogP contribution in [0.5, 0.6) is 0 Å². The van der Waals surface area contributed by atoms with Crippen molar-refractivity contribution < 1.29 is 9.53 Å². The molecule has 0 saturated heterocycles. The highest BCUT2D eigenvalue weighted by Gasteiger charge is 2.13. The van der Waals surface area contributed by atoms with Crippen molar-refractivity contribution in [2.45, 2.75) is 19.2 Å². The fraction of sp³-hybridized carbons (Fsp3) is 0.333. The number of carbonyl (C=O) groups is 1. The average molecular weight is 317 g/mol. The minimum Gasteiger partial charge on any atom is -0.466 e. The van der Waals surface area contributed by atoms with Crippen LogP contribution < -0.4 is 0 Å². The van der Waals surface area contributed by atoms with Crippen molar-refractivity contribution in [1.29, 1.82) is 5.26 Å². The largest absolute Gasteiger partial charge is 0.466 e. The van der Waals surface area contributed by atoms with E-state index in [1.54, 1.807) is 19.1 Å². The standard InChI is InChI=1S/C12H11BrClNO2/c1-2-17-12(16)5-9-3-8(6-14)4-11(13)10(9)7-15/h3-4H,2,5-6H2,1H3. The number of esters is 1. The van der Waals surface area contributed by atoms with Crippen LogP contribution in [0.1, 0.15) is 23.6 Å². The predicted octanol–water partition coefficient (Wildman–Crippen LogP) is 3.17. The second kappa shape index (κ2) is 6.63. The highest BCUT2D eigenvalue weighted by molar-refractivity contribution is 9.10. The molecule has 0 saturated carbocycles. The van der Waals surface area contributed by atoms with Gasteiger partial charge in [-0.25, -0.2) is 0 Å². The monoisotopic (exact) mass is 315 g/mol. The molecule has 0 aliphatic heterocycles. The third-order valence-electron chi connectivity index (χ3n) is 2.14. The maximum absolute atomic E-state index is 11.4. The average Bonchev–Trinajstić information content (AvgIpc) is 2.28. The molecule has 0 aromatic heterocycles. The van der Waals surface area contributed by atoms with Gasteiger partial charge in [-0.2, -0.15) is 5.26 Å². The molecule has 0 atom stereocenters. The summed E-state index contributed by atoms with van der Waals surface area (Å²) in [5.41, 5.74) is 1.94. The van der Waals surface area contributed by atoms with Crippen molar-refractivity contribution in [2.24, 2.45) is 0 Å². The molecule has 0 fully saturated rings. The van der Waals surface area contributed by atoms with E-state index in [4.69, 9.17) is 21.6 Å². The number of ether oxygens (including phenoxy) is 1. The van der Waals surface area contributed by atoms with Gasteiger partial charge in [0, 0.05) is 10.4 Å². The van der Waals surface area contributed by atoms with Gasteiger partial charge in [0.15, 0.2) is 0 Å². The summed E-state index contributed by atoms with van der Waals surface area (Å²) in [5.74, 6) is -0.0113. The lowest BCUT2D eigenvalue weighted by Gasteiger charge is -2.08. The number of carbonyl (C=O) groups excluding carboxylic acids is 1. The molecule has 0 spiro atoms. The number of halogens is 2. The summed E-state index contributed by atoms with van der Waals surface area (Å²) < 4.78 is 5.51. The van der Waals surface area contributed by atoms with E-state index in [0.29, 0.717) is 28.1 Å². The van der Waals surface area contributed by atoms with Crippen LogP contribution in [0.15, 0.2) is 16.6 Å². The molecule has 3 nitrogen and oxygen atoms in total. The van der Waals surface area contributed by atoms with Gasteiger partial charge in [-0.05, 0) is 40.0 Å². The van der Waals surface area contributed by atoms with Crippen molar-refractivity contribution in [3.8, 4) is 6.07 Å². The molecule has 1 aromatic carbocycles. The summed E-state index contributed by atoms with van der Waals surface area (Å²) in [6.07, 6.45) is 0.0834. The zero-order valence-electron chi connectivity index (χ0n) is 9.30. The lowest BCUT2D eigenvalue weighted by Crippen LogP contribution is -2.09. The van der Waals surface area contributed by atoms with E-state index in [2.05, 4.69) is 22.0 Å². The van der Waals surface area contributed by atoms with Crippen LogP contribution in [-0.2, 0) is 21.8 Å². The minimum absolute atomic E-state index is 0.0834. The lowest BCUT2D eigenvalue weighted by atomic mass is 10.0. The predicted molar refractivity (Wildman–Crippen MR) is 68.8 cm³/mol. The van der Waals surface area contributed by atoms with Crippen molar-refractivity contribution in [3.05, 3.63) is 33.3 Å². The van der Waals surface area contributed by atoms with Crippen LogP contribution in [0.3, 0.4) is 0 Å². The van der Waals surface area contributed by atoms with Crippen LogP contribution >= 0.6 is 27.5 Å². The Morgan fingerprint density at radius 2 is 2.29 bits per heavy atom. The van der Waals surface area contributed by atoms with E-state index in [-0.39, 0.29) is 12.4 Å². The van der Waals surface area contributed by atoms with Gasteiger partial charge in [-0.15, -0.1) is 11.6 Å². The van der Waals surface area contributed by atoms with Gasteiger partial charge in [-0.3, -0.25) is 4.79 Å². The molecule has 1 aromatic rings. The van der Waals surface area contributed by atoms with Crippen LogP contribution in [-0.4, -0.2) is 12.6 Å². The van der Waals surface area contributed by atoms with E-state index in [1.807, 2.05) is 0 Å². The topological polar surface area (TPSA) is 50.1 Å². The molecule has 1 rings (SSSR count). The van der Waals surface area contributed by atoms with Gasteiger partial charge in [0.2, 0.25) is 0 Å². The molecule has 0 unspecified atom stereocenters. The molecular formula is C12H11BrClNO2. The lowest BCUT2D eigenvalue weighted by molar-refractivity contribution is -0.142. The first-order valence-electron chi connectivity index (χ1n) is 5.05. The third kappa shape index (κ3) is 3.72. The molecule has 0 aliphatic carbocycles. The first-order chi connectivity index (χ1) is 8.12. The van der Waals surface area contributed by atoms with E-state index < -0.39 is 0 Å². The second-order valence-electron chi connectivity index (χ2n) is 3.34. The van der Waals surface area contributed by atoms with Gasteiger partial charge in [0.05, 0.1) is 18.6 Å². The summed E-state index contributed by atoms with van der Waals surface area (Å²) in [6, 6.07) is 5.60. The molecule has 0 aliphatic rings. The van der Waals surface area contributed by atoms with Crippen LogP contribution in [0.2, 0.25) is 0 Å². The van der Waals surface area contributed by atoms with Gasteiger partial charge in [0.1, 0.15) is 6.07 Å². The molecule has 90 valence electrons. The van der Waals surface area contributed by atoms with E-state index in [9.17, 15) is 4.79 Å². The Labute approximate surface area is 113 Å². The highest BCUT2D eigenvalue weighted by Crippen LogP contribution is 2.24. The summed E-state index contributed by atoms with van der Waals surface area (Å²) in [7, 11) is 0. The molecule has 0 heterocycles. The zero-order valence-corrected chi connectivity index (χ0v) is 11.6. The van der Waals surface area contributed by atoms with Gasteiger partial charge >= 0.3 is 5.97 Å². The fourth-order valence-corrected chi connectivity index (χ4v) is 2.23. The number of benzene rings is 1. The maximum atomic E-state index is 11.4. The van der Waals surface area contributed by atoms with Gasteiger partial charge < -0.3 is 4.74 Å². The summed E-state index contributed by atoms with van der Waals surface area (Å²) >= 11 is 9.04. The quantitative estimate of drug-likeness (QED) is 0.633. The van der Waals surface area contributed by atoms with Crippen LogP contribution in [0, 0.1) is 11.3 Å². The Morgan fingerprint density at radius 3 is 2.82 bits per heavy atom. The first-order valence-corrected chi connectivity index (χ1v) is 6.38. The maximum Gasteiger partial charge on any atom is 0.310 e. The van der Waals surface area contributed by atoms with Crippen molar-refractivity contribution in [2.75, 3.05) is 6.61 Å². The minimum atomic E-state index is -0.345. The van der Waals surface area contributed by atoms with Crippen LogP contribution in [0.4, 0.5) is 0 Å². The Balaban J connectivity index is 3.08. The number of alkyl halides is 1. The van der Waals surface area contributed by atoms with Crippen molar-refractivity contribution in [3.63, 3.8) is 0 Å². The van der Waals surface area contributed by atoms with E-state index in [0.717, 1.165) is 5.56 Å². The third-order valence-corrected chi connectivity index (χ3v) is 3.07. The molecule has 5 heteroatoms. The smallest absolute Gasteiger partial charge is 0.310 e. The molecule has 0 bridgehead atoms. The Hall–Kier alpha value is -1.05. The van der Waals surface area contributed by atoms with Gasteiger partial charge in [-0.1, -0.05) is 6.07 Å².